The van der Waals surface area contributed by atoms with Crippen molar-refractivity contribution < 1.29 is 0 Å². The molecule has 0 aliphatic carbocycles. The van der Waals surface area contributed by atoms with Gasteiger partial charge in [0.25, 0.3) is 0 Å². The monoisotopic (exact) mass is 253 g/mol. The highest BCUT2D eigenvalue weighted by atomic mass is 14.9. The Labute approximate surface area is 114 Å². The van der Waals surface area contributed by atoms with Crippen LogP contribution in [0.25, 0.3) is 11.0 Å². The number of para-hydroxylation sites is 2. The summed E-state index contributed by atoms with van der Waals surface area (Å²) >= 11 is 0. The molecule has 19 heavy (non-hydrogen) atoms. The average molecular weight is 253 g/mol. The molecule has 1 unspecified atom stereocenters. The van der Waals surface area contributed by atoms with Crippen molar-refractivity contribution >= 4 is 11.0 Å². The average Bonchev–Trinajstić information content (AvgIpc) is 2.46. The summed E-state index contributed by atoms with van der Waals surface area (Å²) in [6, 6.07) is 8.18. The van der Waals surface area contributed by atoms with Crippen LogP contribution in [0, 0.1) is 11.8 Å². The molecule has 2 rings (SSSR count). The number of benzene rings is 1. The fourth-order valence-electron chi connectivity index (χ4n) is 2.08. The quantitative estimate of drug-likeness (QED) is 0.832. The standard InChI is InChI=1S/C16H19N3/c1-3-5-6-9-14(17-4-2)16-12-18-13-10-7-8-11-15(13)19-16/h7-8,10-12,14,17H,4,6,9H2,1-2H3. The Hall–Kier alpha value is -1.92. The molecule has 0 saturated heterocycles. The van der Waals surface area contributed by atoms with Crippen molar-refractivity contribution in [2.24, 2.45) is 0 Å². The van der Waals surface area contributed by atoms with Crippen LogP contribution in [0.15, 0.2) is 30.5 Å². The third-order valence-corrected chi connectivity index (χ3v) is 3.01. The van der Waals surface area contributed by atoms with E-state index in [1.807, 2.05) is 37.4 Å². The molecule has 0 aliphatic rings. The van der Waals surface area contributed by atoms with Crippen LogP contribution >= 0.6 is 0 Å². The molecule has 1 aromatic carbocycles. The lowest BCUT2D eigenvalue weighted by atomic mass is 10.1. The zero-order valence-electron chi connectivity index (χ0n) is 11.5. The van der Waals surface area contributed by atoms with E-state index >= 15 is 0 Å². The van der Waals surface area contributed by atoms with Crippen LogP contribution in [0.2, 0.25) is 0 Å². The SMILES string of the molecule is CC#CCCC(NCC)c1cnc2ccccc2n1. The van der Waals surface area contributed by atoms with Crippen molar-refractivity contribution in [2.45, 2.75) is 32.7 Å². The topological polar surface area (TPSA) is 37.8 Å². The molecule has 1 N–H and O–H groups in total. The summed E-state index contributed by atoms with van der Waals surface area (Å²) < 4.78 is 0. The molecule has 3 heteroatoms. The third-order valence-electron chi connectivity index (χ3n) is 3.01. The van der Waals surface area contributed by atoms with Crippen LogP contribution in [0.1, 0.15) is 38.4 Å². The molecule has 2 aromatic rings. The van der Waals surface area contributed by atoms with E-state index in [0.29, 0.717) is 0 Å². The van der Waals surface area contributed by atoms with Gasteiger partial charge in [-0.05, 0) is 32.0 Å². The molecule has 0 saturated carbocycles. The molecule has 1 aromatic heterocycles. The molecule has 0 fully saturated rings. The van der Waals surface area contributed by atoms with E-state index in [1.165, 1.54) is 0 Å². The van der Waals surface area contributed by atoms with Crippen molar-refractivity contribution in [1.82, 2.24) is 15.3 Å². The largest absolute Gasteiger partial charge is 0.309 e. The molecular formula is C16H19N3. The molecule has 3 nitrogen and oxygen atoms in total. The van der Waals surface area contributed by atoms with Gasteiger partial charge in [-0.2, -0.15) is 0 Å². The van der Waals surface area contributed by atoms with Gasteiger partial charge in [0.15, 0.2) is 0 Å². The summed E-state index contributed by atoms with van der Waals surface area (Å²) in [5, 5.41) is 3.45. The predicted octanol–water partition coefficient (Wildman–Crippen LogP) is 3.08. The second kappa shape index (κ2) is 6.86. The summed E-state index contributed by atoms with van der Waals surface area (Å²) in [6.07, 6.45) is 3.71. The molecule has 0 aliphatic heterocycles. The van der Waals surface area contributed by atoms with Gasteiger partial charge in [-0.1, -0.05) is 19.1 Å². The fourth-order valence-corrected chi connectivity index (χ4v) is 2.08. The van der Waals surface area contributed by atoms with E-state index in [2.05, 4.69) is 29.1 Å². The smallest absolute Gasteiger partial charge is 0.0890 e. The van der Waals surface area contributed by atoms with E-state index in [1.54, 1.807) is 0 Å². The van der Waals surface area contributed by atoms with Gasteiger partial charge in [0, 0.05) is 6.42 Å². The molecule has 1 heterocycles. The van der Waals surface area contributed by atoms with Gasteiger partial charge in [-0.25, -0.2) is 4.98 Å². The minimum Gasteiger partial charge on any atom is -0.309 e. The van der Waals surface area contributed by atoms with Crippen molar-refractivity contribution in [1.29, 1.82) is 0 Å². The summed E-state index contributed by atoms with van der Waals surface area (Å²) in [6.45, 7) is 4.89. The zero-order chi connectivity index (χ0) is 13.5. The Morgan fingerprint density at radius 1 is 1.26 bits per heavy atom. The summed E-state index contributed by atoms with van der Waals surface area (Å²) in [4.78, 5) is 9.17. The van der Waals surface area contributed by atoms with Gasteiger partial charge in [0.2, 0.25) is 0 Å². The highest BCUT2D eigenvalue weighted by Crippen LogP contribution is 2.18. The van der Waals surface area contributed by atoms with Crippen LogP contribution in [0.5, 0.6) is 0 Å². The molecule has 1 atom stereocenters. The maximum atomic E-state index is 4.70. The Morgan fingerprint density at radius 2 is 2.05 bits per heavy atom. The second-order valence-corrected chi connectivity index (χ2v) is 4.36. The molecule has 0 radical (unpaired) electrons. The highest BCUT2D eigenvalue weighted by molar-refractivity contribution is 5.73. The summed E-state index contributed by atoms with van der Waals surface area (Å²) in [5.41, 5.74) is 2.89. The Bertz CT molecular complexity index is 595. The van der Waals surface area contributed by atoms with Crippen LogP contribution < -0.4 is 5.32 Å². The number of nitrogens with one attached hydrogen (secondary N) is 1. The van der Waals surface area contributed by atoms with Gasteiger partial charge in [0.1, 0.15) is 0 Å². The van der Waals surface area contributed by atoms with Crippen molar-refractivity contribution in [3.63, 3.8) is 0 Å². The summed E-state index contributed by atoms with van der Waals surface area (Å²) in [5.74, 6) is 6.04. The van der Waals surface area contributed by atoms with E-state index < -0.39 is 0 Å². The van der Waals surface area contributed by atoms with Crippen molar-refractivity contribution in [3.05, 3.63) is 36.2 Å². The molecule has 98 valence electrons. The fraction of sp³-hybridized carbons (Fsp3) is 0.375. The Kier molecular flexibility index (Phi) is 4.88. The first kappa shape index (κ1) is 13.5. The number of nitrogens with zero attached hydrogens (tertiary/aromatic N) is 2. The van der Waals surface area contributed by atoms with Gasteiger partial charge in [-0.3, -0.25) is 4.98 Å². The number of fused-ring (bicyclic) bond motifs is 1. The predicted molar refractivity (Wildman–Crippen MR) is 78.6 cm³/mol. The van der Waals surface area contributed by atoms with Crippen LogP contribution in [-0.2, 0) is 0 Å². The van der Waals surface area contributed by atoms with E-state index in [0.717, 1.165) is 36.1 Å². The molecule has 0 spiro atoms. The Balaban J connectivity index is 2.23. The van der Waals surface area contributed by atoms with Crippen LogP contribution in [0.4, 0.5) is 0 Å². The van der Waals surface area contributed by atoms with Gasteiger partial charge >= 0.3 is 0 Å². The van der Waals surface area contributed by atoms with E-state index in [4.69, 9.17) is 4.98 Å². The maximum absolute atomic E-state index is 4.70. The second-order valence-electron chi connectivity index (χ2n) is 4.36. The number of hydrogen-bond donors (Lipinski definition) is 1. The lowest BCUT2D eigenvalue weighted by Gasteiger charge is -2.16. The maximum Gasteiger partial charge on any atom is 0.0890 e. The van der Waals surface area contributed by atoms with E-state index in [-0.39, 0.29) is 6.04 Å². The minimum absolute atomic E-state index is 0.225. The first-order chi connectivity index (χ1) is 9.35. The number of rotatable bonds is 5. The lowest BCUT2D eigenvalue weighted by molar-refractivity contribution is 0.510. The molecule has 0 bridgehead atoms. The van der Waals surface area contributed by atoms with Crippen LogP contribution in [0.3, 0.4) is 0 Å². The number of aromatic nitrogens is 2. The van der Waals surface area contributed by atoms with Gasteiger partial charge in [-0.15, -0.1) is 11.8 Å². The van der Waals surface area contributed by atoms with Gasteiger partial charge < -0.3 is 5.32 Å². The Morgan fingerprint density at radius 3 is 2.79 bits per heavy atom. The third kappa shape index (κ3) is 3.52. The number of hydrogen-bond acceptors (Lipinski definition) is 3. The van der Waals surface area contributed by atoms with E-state index in [9.17, 15) is 0 Å². The highest BCUT2D eigenvalue weighted by Gasteiger charge is 2.12. The summed E-state index contributed by atoms with van der Waals surface area (Å²) in [7, 11) is 0. The molecular weight excluding hydrogens is 234 g/mol. The minimum atomic E-state index is 0.225. The first-order valence-corrected chi connectivity index (χ1v) is 6.69. The molecule has 0 amide bonds. The lowest BCUT2D eigenvalue weighted by Crippen LogP contribution is -2.22. The van der Waals surface area contributed by atoms with Crippen molar-refractivity contribution in [3.8, 4) is 11.8 Å². The van der Waals surface area contributed by atoms with Gasteiger partial charge in [0.05, 0.1) is 29.0 Å². The zero-order valence-corrected chi connectivity index (χ0v) is 11.5. The van der Waals surface area contributed by atoms with Crippen molar-refractivity contribution in [2.75, 3.05) is 6.54 Å². The normalized spacial score (nSPS) is 11.9. The van der Waals surface area contributed by atoms with Crippen LogP contribution in [-0.4, -0.2) is 16.5 Å². The first-order valence-electron chi connectivity index (χ1n) is 6.69.